The average molecular weight is 839 g/mol. The fourth-order valence-corrected chi connectivity index (χ4v) is 7.10. The highest BCUT2D eigenvalue weighted by Crippen LogP contribution is 2.14. The predicted molar refractivity (Wildman–Crippen MR) is 261 cm³/mol. The molecule has 0 rings (SSSR count). The Hall–Kier alpha value is -2.40. The molecule has 5 heteroatoms. The van der Waals surface area contributed by atoms with Crippen LogP contribution in [-0.2, 0) is 23.8 Å². The van der Waals surface area contributed by atoms with Gasteiger partial charge in [0.1, 0.15) is 6.61 Å². The highest BCUT2D eigenvalue weighted by atomic mass is 16.6. The van der Waals surface area contributed by atoms with E-state index in [9.17, 15) is 9.59 Å². The monoisotopic (exact) mass is 839 g/mol. The third-order valence-corrected chi connectivity index (χ3v) is 11.0. The van der Waals surface area contributed by atoms with Gasteiger partial charge in [-0.3, -0.25) is 9.59 Å². The minimum absolute atomic E-state index is 0.0733. The second-order valence-corrected chi connectivity index (χ2v) is 17.1. The lowest BCUT2D eigenvalue weighted by atomic mass is 10.1. The summed E-state index contributed by atoms with van der Waals surface area (Å²) in [5, 5.41) is 0. The molecule has 0 aromatic rings. The zero-order chi connectivity index (χ0) is 43.5. The van der Waals surface area contributed by atoms with E-state index in [2.05, 4.69) is 81.5 Å². The van der Waals surface area contributed by atoms with Gasteiger partial charge in [0, 0.05) is 19.4 Å². The van der Waals surface area contributed by atoms with Crippen molar-refractivity contribution in [2.45, 2.75) is 258 Å². The molecule has 0 fully saturated rings. The maximum Gasteiger partial charge on any atom is 0.306 e. The Morgan fingerprint density at radius 1 is 0.367 bits per heavy atom. The molecule has 0 bridgehead atoms. The van der Waals surface area contributed by atoms with Crippen LogP contribution in [-0.4, -0.2) is 37.9 Å². The second kappa shape index (κ2) is 51.0. The molecule has 0 heterocycles. The van der Waals surface area contributed by atoms with Gasteiger partial charge in [-0.25, -0.2) is 0 Å². The van der Waals surface area contributed by atoms with Gasteiger partial charge in [0.25, 0.3) is 0 Å². The topological polar surface area (TPSA) is 61.8 Å². The van der Waals surface area contributed by atoms with Crippen molar-refractivity contribution >= 4 is 11.9 Å². The Labute approximate surface area is 373 Å². The van der Waals surface area contributed by atoms with Crippen LogP contribution >= 0.6 is 0 Å². The molecule has 0 aliphatic carbocycles. The molecular formula is C55H98O5. The highest BCUT2D eigenvalue weighted by molar-refractivity contribution is 5.70. The van der Waals surface area contributed by atoms with E-state index in [-0.39, 0.29) is 25.2 Å². The van der Waals surface area contributed by atoms with Crippen molar-refractivity contribution in [3.63, 3.8) is 0 Å². The first kappa shape index (κ1) is 57.6. The van der Waals surface area contributed by atoms with Crippen molar-refractivity contribution in [2.24, 2.45) is 0 Å². The van der Waals surface area contributed by atoms with Gasteiger partial charge in [-0.1, -0.05) is 197 Å². The zero-order valence-corrected chi connectivity index (χ0v) is 40.0. The van der Waals surface area contributed by atoms with Crippen LogP contribution in [0, 0.1) is 0 Å². The third kappa shape index (κ3) is 48.3. The molecule has 1 atom stereocenters. The maximum atomic E-state index is 12.8. The molecule has 5 nitrogen and oxygen atoms in total. The van der Waals surface area contributed by atoms with Crippen LogP contribution in [0.4, 0.5) is 0 Å². The van der Waals surface area contributed by atoms with E-state index in [1.54, 1.807) is 0 Å². The van der Waals surface area contributed by atoms with Crippen molar-refractivity contribution in [1.29, 1.82) is 0 Å². The van der Waals surface area contributed by atoms with Gasteiger partial charge < -0.3 is 14.2 Å². The zero-order valence-electron chi connectivity index (χ0n) is 40.0. The number of allylic oxidation sites excluding steroid dienone is 10. The lowest BCUT2D eigenvalue weighted by Crippen LogP contribution is -2.30. The van der Waals surface area contributed by atoms with E-state index in [1.807, 2.05) is 0 Å². The van der Waals surface area contributed by atoms with Crippen LogP contribution in [0.15, 0.2) is 60.8 Å². The van der Waals surface area contributed by atoms with E-state index in [4.69, 9.17) is 14.2 Å². The van der Waals surface area contributed by atoms with Crippen LogP contribution in [0.25, 0.3) is 0 Å². The van der Waals surface area contributed by atoms with Crippen LogP contribution in [0.1, 0.15) is 252 Å². The van der Waals surface area contributed by atoms with Crippen molar-refractivity contribution in [3.05, 3.63) is 60.8 Å². The molecule has 0 N–H and O–H groups in total. The molecule has 0 radical (unpaired) electrons. The van der Waals surface area contributed by atoms with Crippen LogP contribution in [0.3, 0.4) is 0 Å². The summed E-state index contributed by atoms with van der Waals surface area (Å²) in [5.74, 6) is -0.418. The second-order valence-electron chi connectivity index (χ2n) is 17.1. The Bertz CT molecular complexity index is 1040. The summed E-state index contributed by atoms with van der Waals surface area (Å²) in [6.07, 6.45) is 63.6. The summed E-state index contributed by atoms with van der Waals surface area (Å²) >= 11 is 0. The number of esters is 2. The number of hydrogen-bond acceptors (Lipinski definition) is 5. The van der Waals surface area contributed by atoms with Crippen molar-refractivity contribution in [1.82, 2.24) is 0 Å². The Morgan fingerprint density at radius 2 is 0.733 bits per heavy atom. The van der Waals surface area contributed by atoms with E-state index in [0.717, 1.165) is 70.6 Å². The standard InChI is InChI=1S/C55H98O5/c1-4-7-10-13-16-19-22-25-27-28-29-31-33-36-39-42-45-48-54(56)59-52-53(51-58-50-47-44-41-38-35-32-26-23-20-17-14-11-8-5-2)60-55(57)49-46-43-40-37-34-30-24-21-18-15-12-9-6-3/h11,14,16,19-21,23-25,27,53H,4-10,12-13,15,17-18,22,26,28-52H2,1-3H3/b14-11-,19-16-,23-20-,24-21-,27-25-. The van der Waals surface area contributed by atoms with Gasteiger partial charge in [0.2, 0.25) is 0 Å². The molecule has 0 aromatic heterocycles. The number of ether oxygens (including phenoxy) is 3. The Balaban J connectivity index is 4.29. The first-order valence-electron chi connectivity index (χ1n) is 25.8. The Kier molecular flexibility index (Phi) is 48.9. The van der Waals surface area contributed by atoms with Crippen molar-refractivity contribution in [2.75, 3.05) is 19.8 Å². The Morgan fingerprint density at radius 3 is 1.22 bits per heavy atom. The normalized spacial score (nSPS) is 12.7. The fourth-order valence-electron chi connectivity index (χ4n) is 7.10. The van der Waals surface area contributed by atoms with Crippen LogP contribution < -0.4 is 0 Å². The van der Waals surface area contributed by atoms with E-state index < -0.39 is 6.10 Å². The minimum atomic E-state index is -0.549. The van der Waals surface area contributed by atoms with E-state index in [0.29, 0.717) is 19.4 Å². The molecule has 1 unspecified atom stereocenters. The lowest BCUT2D eigenvalue weighted by molar-refractivity contribution is -0.163. The van der Waals surface area contributed by atoms with Gasteiger partial charge in [0.05, 0.1) is 6.61 Å². The molecule has 0 aromatic carbocycles. The summed E-state index contributed by atoms with van der Waals surface area (Å²) in [7, 11) is 0. The summed E-state index contributed by atoms with van der Waals surface area (Å²) in [6, 6.07) is 0. The van der Waals surface area contributed by atoms with Gasteiger partial charge in [-0.05, 0) is 103 Å². The summed E-state index contributed by atoms with van der Waals surface area (Å²) in [6.45, 7) is 7.70. The third-order valence-electron chi connectivity index (χ3n) is 11.0. The first-order valence-corrected chi connectivity index (χ1v) is 25.8. The van der Waals surface area contributed by atoms with Gasteiger partial charge in [-0.15, -0.1) is 0 Å². The predicted octanol–water partition coefficient (Wildman–Crippen LogP) is 17.3. The van der Waals surface area contributed by atoms with Crippen LogP contribution in [0.2, 0.25) is 0 Å². The fraction of sp³-hybridized carbons (Fsp3) is 0.782. The number of unbranched alkanes of at least 4 members (excludes halogenated alkanes) is 26. The van der Waals surface area contributed by atoms with Crippen molar-refractivity contribution in [3.8, 4) is 0 Å². The number of rotatable bonds is 47. The number of carbonyl (C=O) groups excluding carboxylic acids is 2. The molecule has 0 amide bonds. The molecule has 0 spiro atoms. The quantitative estimate of drug-likeness (QED) is 0.0347. The largest absolute Gasteiger partial charge is 0.462 e. The van der Waals surface area contributed by atoms with Gasteiger partial charge in [-0.2, -0.15) is 0 Å². The van der Waals surface area contributed by atoms with Gasteiger partial charge in [0.15, 0.2) is 6.10 Å². The number of carbonyl (C=O) groups is 2. The van der Waals surface area contributed by atoms with Crippen molar-refractivity contribution < 1.29 is 23.8 Å². The molecule has 60 heavy (non-hydrogen) atoms. The van der Waals surface area contributed by atoms with E-state index >= 15 is 0 Å². The molecule has 348 valence electrons. The summed E-state index contributed by atoms with van der Waals surface area (Å²) in [4.78, 5) is 25.4. The highest BCUT2D eigenvalue weighted by Gasteiger charge is 2.17. The van der Waals surface area contributed by atoms with Crippen LogP contribution in [0.5, 0.6) is 0 Å². The minimum Gasteiger partial charge on any atom is -0.462 e. The maximum absolute atomic E-state index is 12.8. The summed E-state index contributed by atoms with van der Waals surface area (Å²) in [5.41, 5.74) is 0. The molecule has 0 saturated carbocycles. The first-order chi connectivity index (χ1) is 29.6. The molecule has 0 aliphatic heterocycles. The average Bonchev–Trinajstić information content (AvgIpc) is 3.25. The molecule has 0 aliphatic rings. The van der Waals surface area contributed by atoms with Gasteiger partial charge >= 0.3 is 11.9 Å². The molecule has 0 saturated heterocycles. The smallest absolute Gasteiger partial charge is 0.306 e. The molecular weight excluding hydrogens is 741 g/mol. The SMILES string of the molecule is CCC/C=C\C/C=C\CCCCCCCCOCC(COC(=O)CCCCCCCCC/C=C\C/C=C\CCCCC)OC(=O)CCCCCCC/C=C\CCCCCC. The number of hydrogen-bond donors (Lipinski definition) is 0. The lowest BCUT2D eigenvalue weighted by Gasteiger charge is -2.18. The van der Waals surface area contributed by atoms with E-state index in [1.165, 1.54) is 148 Å². The summed E-state index contributed by atoms with van der Waals surface area (Å²) < 4.78 is 17.4.